The number of hydrogen-bond donors (Lipinski definition) is 2. The lowest BCUT2D eigenvalue weighted by molar-refractivity contribution is 0.0951. The minimum absolute atomic E-state index is 0.0197. The van der Waals surface area contributed by atoms with Crippen molar-refractivity contribution >= 4 is 23.4 Å². The van der Waals surface area contributed by atoms with Crippen LogP contribution in [0.5, 0.6) is 0 Å². The molecule has 0 radical (unpaired) electrons. The minimum atomic E-state index is -0.0197. The molecular formula is C14H22N2OS. The van der Waals surface area contributed by atoms with Crippen LogP contribution in [0.2, 0.25) is 0 Å². The Morgan fingerprint density at radius 1 is 1.33 bits per heavy atom. The second-order valence-electron chi connectivity index (χ2n) is 4.72. The second-order valence-corrected chi connectivity index (χ2v) is 6.24. The molecule has 18 heavy (non-hydrogen) atoms. The number of thioether (sulfide) groups is 1. The highest BCUT2D eigenvalue weighted by atomic mass is 32.2. The monoisotopic (exact) mass is 266 g/mol. The van der Waals surface area contributed by atoms with Crippen molar-refractivity contribution in [3.63, 3.8) is 0 Å². The molecule has 0 bridgehead atoms. The number of carbonyl (C=O) groups is 1. The minimum Gasteiger partial charge on any atom is -0.385 e. The van der Waals surface area contributed by atoms with Crippen molar-refractivity contribution in [2.75, 3.05) is 24.7 Å². The summed E-state index contributed by atoms with van der Waals surface area (Å²) in [5.41, 5.74) is 1.59. The zero-order valence-electron chi connectivity index (χ0n) is 11.5. The maximum Gasteiger partial charge on any atom is 0.253 e. The third-order valence-corrected chi connectivity index (χ3v) is 4.02. The van der Waals surface area contributed by atoms with Crippen LogP contribution < -0.4 is 10.6 Å². The summed E-state index contributed by atoms with van der Waals surface area (Å²) in [7, 11) is 0. The van der Waals surface area contributed by atoms with Crippen LogP contribution in [0.15, 0.2) is 24.3 Å². The summed E-state index contributed by atoms with van der Waals surface area (Å²) in [5, 5.41) is 6.19. The lowest BCUT2D eigenvalue weighted by atomic mass is 10.1. The van der Waals surface area contributed by atoms with Gasteiger partial charge in [0.2, 0.25) is 0 Å². The van der Waals surface area contributed by atoms with Crippen molar-refractivity contribution in [2.24, 2.45) is 0 Å². The summed E-state index contributed by atoms with van der Waals surface area (Å²) in [4.78, 5) is 12.1. The van der Waals surface area contributed by atoms with Crippen LogP contribution >= 0.6 is 11.8 Å². The van der Waals surface area contributed by atoms with E-state index in [0.29, 0.717) is 12.1 Å². The molecule has 0 aromatic heterocycles. The van der Waals surface area contributed by atoms with Crippen molar-refractivity contribution in [2.45, 2.75) is 25.5 Å². The summed E-state index contributed by atoms with van der Waals surface area (Å²) >= 11 is 1.75. The molecule has 0 unspecified atom stereocenters. The van der Waals surface area contributed by atoms with Gasteiger partial charge in [-0.2, -0.15) is 11.8 Å². The molecule has 0 fully saturated rings. The Morgan fingerprint density at radius 2 is 2.00 bits per heavy atom. The summed E-state index contributed by atoms with van der Waals surface area (Å²) in [6, 6.07) is 7.59. The number of carbonyl (C=O) groups excluding carboxylic acids is 1. The van der Waals surface area contributed by atoms with Gasteiger partial charge in [0.1, 0.15) is 0 Å². The summed E-state index contributed by atoms with van der Waals surface area (Å²) in [6.07, 6.45) is 2.05. The molecule has 2 N–H and O–H groups in total. The van der Waals surface area contributed by atoms with Gasteiger partial charge < -0.3 is 10.6 Å². The first-order valence-corrected chi connectivity index (χ1v) is 7.39. The number of amides is 1. The SMILES string of the molecule is CCNc1ccccc1C(=O)NCC(C)(C)SC. The fourth-order valence-electron chi connectivity index (χ4n) is 1.49. The molecule has 1 amide bonds. The standard InChI is InChI=1S/C14H22N2OS/c1-5-15-12-9-7-6-8-11(12)13(17)16-10-14(2,3)18-4/h6-9,15H,5,10H2,1-4H3,(H,16,17). The van der Waals surface area contributed by atoms with Gasteiger partial charge in [0, 0.05) is 23.5 Å². The molecule has 0 aliphatic rings. The number of benzene rings is 1. The van der Waals surface area contributed by atoms with E-state index in [-0.39, 0.29) is 10.7 Å². The molecule has 0 aliphatic carbocycles. The average Bonchev–Trinajstić information content (AvgIpc) is 2.37. The first kappa shape index (κ1) is 14.9. The molecular weight excluding hydrogens is 244 g/mol. The number of para-hydroxylation sites is 1. The molecule has 100 valence electrons. The van der Waals surface area contributed by atoms with Crippen LogP contribution in [0, 0.1) is 0 Å². The largest absolute Gasteiger partial charge is 0.385 e. The Hall–Kier alpha value is -1.16. The zero-order valence-corrected chi connectivity index (χ0v) is 12.4. The third-order valence-electron chi connectivity index (χ3n) is 2.77. The van der Waals surface area contributed by atoms with Crippen LogP contribution in [0.25, 0.3) is 0 Å². The van der Waals surface area contributed by atoms with Gasteiger partial charge in [0.15, 0.2) is 0 Å². The molecule has 0 spiro atoms. The van der Waals surface area contributed by atoms with E-state index in [1.807, 2.05) is 31.2 Å². The lowest BCUT2D eigenvalue weighted by Gasteiger charge is -2.22. The fourth-order valence-corrected chi connectivity index (χ4v) is 1.70. The van der Waals surface area contributed by atoms with Gasteiger partial charge in [-0.25, -0.2) is 0 Å². The quantitative estimate of drug-likeness (QED) is 0.831. The summed E-state index contributed by atoms with van der Waals surface area (Å²) < 4.78 is 0.0583. The van der Waals surface area contributed by atoms with E-state index in [2.05, 4.69) is 30.7 Å². The highest BCUT2D eigenvalue weighted by Crippen LogP contribution is 2.20. The van der Waals surface area contributed by atoms with E-state index in [1.165, 1.54) is 0 Å². The van der Waals surface area contributed by atoms with Gasteiger partial charge in [0.05, 0.1) is 5.56 Å². The normalized spacial score (nSPS) is 11.1. The van der Waals surface area contributed by atoms with Gasteiger partial charge in [-0.1, -0.05) is 12.1 Å². The van der Waals surface area contributed by atoms with Crippen LogP contribution in [-0.4, -0.2) is 30.0 Å². The van der Waals surface area contributed by atoms with Crippen molar-refractivity contribution < 1.29 is 4.79 Å². The molecule has 0 saturated heterocycles. The topological polar surface area (TPSA) is 41.1 Å². The molecule has 0 heterocycles. The Kier molecular flexibility index (Phi) is 5.54. The van der Waals surface area contributed by atoms with Gasteiger partial charge >= 0.3 is 0 Å². The number of hydrogen-bond acceptors (Lipinski definition) is 3. The Bertz CT molecular complexity index is 405. The van der Waals surface area contributed by atoms with E-state index >= 15 is 0 Å². The van der Waals surface area contributed by atoms with Gasteiger partial charge in [-0.05, 0) is 39.2 Å². The number of rotatable bonds is 6. The molecule has 0 atom stereocenters. The van der Waals surface area contributed by atoms with E-state index in [1.54, 1.807) is 11.8 Å². The third kappa shape index (κ3) is 4.26. The van der Waals surface area contributed by atoms with E-state index in [0.717, 1.165) is 12.2 Å². The molecule has 3 nitrogen and oxygen atoms in total. The smallest absolute Gasteiger partial charge is 0.253 e. The van der Waals surface area contributed by atoms with Gasteiger partial charge in [-0.15, -0.1) is 0 Å². The maximum absolute atomic E-state index is 12.1. The van der Waals surface area contributed by atoms with Crippen molar-refractivity contribution in [1.29, 1.82) is 0 Å². The number of anilines is 1. The number of nitrogens with one attached hydrogen (secondary N) is 2. The van der Waals surface area contributed by atoms with E-state index in [4.69, 9.17) is 0 Å². The highest BCUT2D eigenvalue weighted by molar-refractivity contribution is 7.99. The van der Waals surface area contributed by atoms with Gasteiger partial charge in [0.25, 0.3) is 5.91 Å². The van der Waals surface area contributed by atoms with Crippen molar-refractivity contribution in [3.05, 3.63) is 29.8 Å². The molecule has 1 aromatic rings. The van der Waals surface area contributed by atoms with Crippen LogP contribution in [0.1, 0.15) is 31.1 Å². The average molecular weight is 266 g/mol. The lowest BCUT2D eigenvalue weighted by Crippen LogP contribution is -2.36. The second kappa shape index (κ2) is 6.69. The van der Waals surface area contributed by atoms with E-state index < -0.39 is 0 Å². The Labute approximate surface area is 114 Å². The first-order valence-electron chi connectivity index (χ1n) is 6.16. The summed E-state index contributed by atoms with van der Waals surface area (Å²) in [6.45, 7) is 7.72. The molecule has 1 aromatic carbocycles. The molecule has 1 rings (SSSR count). The summed E-state index contributed by atoms with van der Waals surface area (Å²) in [5.74, 6) is -0.0197. The predicted molar refractivity (Wildman–Crippen MR) is 80.5 cm³/mol. The highest BCUT2D eigenvalue weighted by Gasteiger charge is 2.18. The van der Waals surface area contributed by atoms with Crippen LogP contribution in [-0.2, 0) is 0 Å². The molecule has 0 aliphatic heterocycles. The van der Waals surface area contributed by atoms with Crippen molar-refractivity contribution in [3.8, 4) is 0 Å². The van der Waals surface area contributed by atoms with Crippen LogP contribution in [0.3, 0.4) is 0 Å². The molecule has 4 heteroatoms. The van der Waals surface area contributed by atoms with E-state index in [9.17, 15) is 4.79 Å². The first-order chi connectivity index (χ1) is 8.50. The zero-order chi connectivity index (χ0) is 13.6. The van der Waals surface area contributed by atoms with Crippen molar-refractivity contribution in [1.82, 2.24) is 5.32 Å². The van der Waals surface area contributed by atoms with Crippen LogP contribution in [0.4, 0.5) is 5.69 Å². The fraction of sp³-hybridized carbons (Fsp3) is 0.500. The Morgan fingerprint density at radius 3 is 2.61 bits per heavy atom. The Balaban J connectivity index is 2.72. The maximum atomic E-state index is 12.1. The molecule has 0 saturated carbocycles. The predicted octanol–water partition coefficient (Wildman–Crippen LogP) is 2.99. The van der Waals surface area contributed by atoms with Gasteiger partial charge in [-0.3, -0.25) is 4.79 Å².